The lowest BCUT2D eigenvalue weighted by Gasteiger charge is -2.21. The highest BCUT2D eigenvalue weighted by molar-refractivity contribution is 9.10. The van der Waals surface area contributed by atoms with E-state index in [4.69, 9.17) is 6.42 Å². The van der Waals surface area contributed by atoms with Crippen molar-refractivity contribution in [2.24, 2.45) is 0 Å². The minimum atomic E-state index is -1.89. The zero-order valence-electron chi connectivity index (χ0n) is 12.0. The van der Waals surface area contributed by atoms with Crippen molar-refractivity contribution in [3.05, 3.63) is 50.6 Å². The SMILES string of the molecule is C#CCN1C(=O)[C@@](O)(CC(=O)c2cccs2)c2cc(Br)ccc21. The van der Waals surface area contributed by atoms with E-state index in [1.165, 1.54) is 16.2 Å². The molecule has 2 heterocycles. The number of nitrogens with zero attached hydrogens (tertiary/aromatic N) is 1. The van der Waals surface area contributed by atoms with Crippen LogP contribution in [0.4, 0.5) is 5.69 Å². The first kappa shape index (κ1) is 15.9. The summed E-state index contributed by atoms with van der Waals surface area (Å²) in [7, 11) is 0. The van der Waals surface area contributed by atoms with Gasteiger partial charge in [0, 0.05) is 10.0 Å². The molecule has 1 aromatic heterocycles. The molecular weight excluding hydrogens is 378 g/mol. The number of carbonyl (C=O) groups excluding carboxylic acids is 2. The summed E-state index contributed by atoms with van der Waals surface area (Å²) >= 11 is 4.62. The molecule has 4 nitrogen and oxygen atoms in total. The molecule has 1 aliphatic heterocycles. The van der Waals surface area contributed by atoms with Crippen LogP contribution >= 0.6 is 27.3 Å². The number of Topliss-reactive ketones (excluding diaryl/α,β-unsaturated/α-hetero) is 1. The Balaban J connectivity index is 2.04. The second-order valence-corrected chi connectivity index (χ2v) is 7.06. The number of aliphatic hydroxyl groups is 1. The second kappa shape index (κ2) is 5.93. The van der Waals surface area contributed by atoms with E-state index in [9.17, 15) is 14.7 Å². The Labute approximate surface area is 145 Å². The first-order valence-corrected chi connectivity index (χ1v) is 8.49. The van der Waals surface area contributed by atoms with Gasteiger partial charge in [0.1, 0.15) is 0 Å². The number of hydrogen-bond donors (Lipinski definition) is 1. The van der Waals surface area contributed by atoms with Crippen LogP contribution in [-0.4, -0.2) is 23.3 Å². The van der Waals surface area contributed by atoms with Crippen LogP contribution in [0, 0.1) is 12.3 Å². The molecule has 1 aliphatic rings. The Morgan fingerprint density at radius 1 is 1.43 bits per heavy atom. The Morgan fingerprint density at radius 2 is 2.22 bits per heavy atom. The Hall–Kier alpha value is -1.94. The Kier molecular flexibility index (Phi) is 4.11. The number of benzene rings is 1. The highest BCUT2D eigenvalue weighted by atomic mass is 79.9. The molecule has 0 fully saturated rings. The molecule has 0 unspecified atom stereocenters. The molecule has 0 saturated heterocycles. The van der Waals surface area contributed by atoms with Gasteiger partial charge in [0.15, 0.2) is 11.4 Å². The third-order valence-corrected chi connectivity index (χ3v) is 5.16. The highest BCUT2D eigenvalue weighted by Crippen LogP contribution is 2.44. The number of ketones is 1. The largest absolute Gasteiger partial charge is 0.375 e. The predicted octanol–water partition coefficient (Wildman–Crippen LogP) is 2.95. The van der Waals surface area contributed by atoms with Crippen molar-refractivity contribution in [2.75, 3.05) is 11.4 Å². The number of amides is 1. The third kappa shape index (κ3) is 2.61. The zero-order chi connectivity index (χ0) is 16.6. The number of rotatable bonds is 4. The fourth-order valence-corrected chi connectivity index (χ4v) is 3.72. The topological polar surface area (TPSA) is 57.6 Å². The minimum absolute atomic E-state index is 0.0446. The van der Waals surface area contributed by atoms with Gasteiger partial charge >= 0.3 is 0 Å². The van der Waals surface area contributed by atoms with Crippen molar-refractivity contribution < 1.29 is 14.7 Å². The van der Waals surface area contributed by atoms with Crippen molar-refractivity contribution in [2.45, 2.75) is 12.0 Å². The van der Waals surface area contributed by atoms with Gasteiger partial charge in [-0.3, -0.25) is 14.5 Å². The lowest BCUT2D eigenvalue weighted by atomic mass is 9.89. The molecule has 2 aromatic rings. The summed E-state index contributed by atoms with van der Waals surface area (Å²) in [5.74, 6) is 1.58. The minimum Gasteiger partial charge on any atom is -0.375 e. The van der Waals surface area contributed by atoms with Crippen LogP contribution in [0.3, 0.4) is 0 Å². The van der Waals surface area contributed by atoms with E-state index in [1.807, 2.05) is 0 Å². The quantitative estimate of drug-likeness (QED) is 0.645. The van der Waals surface area contributed by atoms with Crippen LogP contribution in [0.25, 0.3) is 0 Å². The summed E-state index contributed by atoms with van der Waals surface area (Å²) in [5, 5.41) is 12.8. The predicted molar refractivity (Wildman–Crippen MR) is 92.5 cm³/mol. The van der Waals surface area contributed by atoms with Gasteiger partial charge in [0.05, 0.1) is 23.5 Å². The standard InChI is InChI=1S/C17H12BrNO3S/c1-2-7-19-13-6-5-11(18)9-12(13)17(22,16(19)21)10-14(20)15-4-3-8-23-15/h1,3-6,8-9,22H,7,10H2/t17-/m1/s1. The Morgan fingerprint density at radius 3 is 2.87 bits per heavy atom. The average molecular weight is 390 g/mol. The number of anilines is 1. The molecule has 1 N–H and O–H groups in total. The van der Waals surface area contributed by atoms with Crippen LogP contribution < -0.4 is 4.90 Å². The molecule has 0 saturated carbocycles. The molecule has 1 amide bonds. The van der Waals surface area contributed by atoms with Crippen molar-refractivity contribution in [1.82, 2.24) is 0 Å². The lowest BCUT2D eigenvalue weighted by molar-refractivity contribution is -0.135. The van der Waals surface area contributed by atoms with Gasteiger partial charge in [-0.05, 0) is 29.6 Å². The van der Waals surface area contributed by atoms with E-state index in [0.717, 1.165) is 0 Å². The van der Waals surface area contributed by atoms with Crippen LogP contribution in [0.5, 0.6) is 0 Å². The maximum Gasteiger partial charge on any atom is 0.265 e. The molecule has 0 bridgehead atoms. The monoisotopic (exact) mass is 389 g/mol. The lowest BCUT2D eigenvalue weighted by Crippen LogP contribution is -2.41. The van der Waals surface area contributed by atoms with Gasteiger partial charge in [-0.25, -0.2) is 0 Å². The van der Waals surface area contributed by atoms with Crippen LogP contribution in [0.2, 0.25) is 0 Å². The molecule has 3 rings (SSSR count). The van der Waals surface area contributed by atoms with E-state index in [1.54, 1.807) is 35.7 Å². The van der Waals surface area contributed by atoms with E-state index < -0.39 is 11.5 Å². The summed E-state index contributed by atoms with van der Waals surface area (Å²) in [6.45, 7) is 0.0446. The second-order valence-electron chi connectivity index (χ2n) is 5.19. The first-order valence-electron chi connectivity index (χ1n) is 6.82. The van der Waals surface area contributed by atoms with Crippen LogP contribution in [-0.2, 0) is 10.4 Å². The first-order chi connectivity index (χ1) is 11.0. The third-order valence-electron chi connectivity index (χ3n) is 3.76. The van der Waals surface area contributed by atoms with Gasteiger partial charge in [-0.15, -0.1) is 17.8 Å². The molecule has 1 aromatic carbocycles. The molecule has 1 atom stereocenters. The summed E-state index contributed by atoms with van der Waals surface area (Å²) < 4.78 is 0.716. The molecule has 0 aliphatic carbocycles. The van der Waals surface area contributed by atoms with Crippen molar-refractivity contribution in [3.63, 3.8) is 0 Å². The van der Waals surface area contributed by atoms with Crippen molar-refractivity contribution in [3.8, 4) is 12.3 Å². The number of carbonyl (C=O) groups is 2. The van der Waals surface area contributed by atoms with Gasteiger partial charge in [0.25, 0.3) is 5.91 Å². The average Bonchev–Trinajstić information content (AvgIpc) is 3.11. The van der Waals surface area contributed by atoms with Crippen LogP contribution in [0.15, 0.2) is 40.2 Å². The van der Waals surface area contributed by atoms with Gasteiger partial charge in [-0.1, -0.05) is 27.9 Å². The van der Waals surface area contributed by atoms with E-state index in [0.29, 0.717) is 20.6 Å². The van der Waals surface area contributed by atoms with E-state index in [-0.39, 0.29) is 18.7 Å². The number of terminal acetylenes is 1. The number of hydrogen-bond acceptors (Lipinski definition) is 4. The number of halogens is 1. The summed E-state index contributed by atoms with van der Waals surface area (Å²) in [5.41, 5.74) is -0.952. The molecule has 0 radical (unpaired) electrons. The van der Waals surface area contributed by atoms with Crippen molar-refractivity contribution in [1.29, 1.82) is 0 Å². The smallest absolute Gasteiger partial charge is 0.265 e. The van der Waals surface area contributed by atoms with E-state index >= 15 is 0 Å². The maximum atomic E-state index is 12.7. The maximum absolute atomic E-state index is 12.7. The Bertz CT molecular complexity index is 825. The summed E-state index contributed by atoms with van der Waals surface area (Å²) in [6.07, 6.45) is 5.02. The summed E-state index contributed by atoms with van der Waals surface area (Å²) in [4.78, 5) is 27.0. The molecular formula is C17H12BrNO3S. The highest BCUT2D eigenvalue weighted by Gasteiger charge is 2.50. The van der Waals surface area contributed by atoms with Gasteiger partial charge in [0.2, 0.25) is 0 Å². The molecule has 6 heteroatoms. The van der Waals surface area contributed by atoms with Crippen molar-refractivity contribution >= 4 is 44.6 Å². The molecule has 23 heavy (non-hydrogen) atoms. The number of thiophene rings is 1. The van der Waals surface area contributed by atoms with Gasteiger partial charge in [-0.2, -0.15) is 0 Å². The molecule has 0 spiro atoms. The zero-order valence-corrected chi connectivity index (χ0v) is 14.4. The fourth-order valence-electron chi connectivity index (χ4n) is 2.70. The van der Waals surface area contributed by atoms with Crippen LogP contribution in [0.1, 0.15) is 21.7 Å². The number of fused-ring (bicyclic) bond motifs is 1. The van der Waals surface area contributed by atoms with Gasteiger partial charge < -0.3 is 5.11 Å². The molecule has 116 valence electrons. The fraction of sp³-hybridized carbons (Fsp3) is 0.176. The normalized spacial score (nSPS) is 19.5. The van der Waals surface area contributed by atoms with E-state index in [2.05, 4.69) is 21.9 Å². The summed E-state index contributed by atoms with van der Waals surface area (Å²) in [6, 6.07) is 8.57.